The quantitative estimate of drug-likeness (QED) is 0.0585. The van der Waals surface area contributed by atoms with Gasteiger partial charge in [0.1, 0.15) is 5.54 Å². The minimum absolute atomic E-state index is 0.00869. The highest BCUT2D eigenvalue weighted by atomic mass is 16.0. The third-order valence-corrected chi connectivity index (χ3v) is 15.9. The molecule has 2 aliphatic heterocycles. The van der Waals surface area contributed by atoms with Crippen LogP contribution in [-0.4, -0.2) is 19.9 Å². The first-order chi connectivity index (χ1) is 42.6. The largest absolute Gasteiger partial charge is 0.355 e. The van der Waals surface area contributed by atoms with Gasteiger partial charge in [-0.3, -0.25) is 0 Å². The molecule has 5 heterocycles. The van der Waals surface area contributed by atoms with E-state index >= 15 is 0 Å². The molecule has 8 aromatic carbocycles. The van der Waals surface area contributed by atoms with Crippen molar-refractivity contribution in [3.05, 3.63) is 331 Å². The third-order valence-electron chi connectivity index (χ3n) is 15.9. The predicted molar refractivity (Wildman–Crippen MR) is 361 cm³/mol. The first-order valence-electron chi connectivity index (χ1n) is 30.3. The van der Waals surface area contributed by atoms with Crippen molar-refractivity contribution in [1.82, 2.24) is 19.9 Å². The fraction of sp³-hybridized carbons (Fsp3) is 0.128. The van der Waals surface area contributed by atoms with E-state index in [0.717, 1.165) is 86.1 Å². The Bertz CT molecular complexity index is 3950. The average molecular weight is 1120 g/mol. The van der Waals surface area contributed by atoms with E-state index in [9.17, 15) is 0 Å². The van der Waals surface area contributed by atoms with Crippen LogP contribution in [0.5, 0.6) is 0 Å². The van der Waals surface area contributed by atoms with Crippen LogP contribution in [0.1, 0.15) is 97.3 Å². The number of hydrazine groups is 3. The number of hydrogen-bond donors (Lipinski definition) is 2. The van der Waals surface area contributed by atoms with Gasteiger partial charge in [-0.2, -0.15) is 10.2 Å². The van der Waals surface area contributed by atoms with Crippen molar-refractivity contribution in [3.63, 3.8) is 0 Å². The molecule has 8 heteroatoms. The molecule has 0 amide bonds. The summed E-state index contributed by atoms with van der Waals surface area (Å²) in [5.74, 6) is -0.00869. The molecule has 0 spiro atoms. The molecule has 13 rings (SSSR count). The molecule has 0 saturated heterocycles. The first kappa shape index (κ1) is 56.1. The topological polar surface area (TPSA) is 70.3 Å². The standard InChI is InChI=1S/C58H58N4.C20H14N4/c1-2-3-4-5-6-31-48-57(49-32-15-7-16-33-49)58(50-34-17-8-18-35-50,51-36-19-9-20-37-51)60(54-42-25-12-26-43-54)62(56-46-29-14-30-47-56)61(55-44-27-13-28-45-55)59(52-38-21-10-22-39-52)53-40-23-11-24-41-53;1-2-14-10-16-5-6-18(23-16)12-20-8-7-19(24-20)11-17-4-3-15(22-17)9-13(1)21-14/h7-30,32-47,57H,2-6,31,48H2,1H3;1-12,21-22H. The van der Waals surface area contributed by atoms with Gasteiger partial charge < -0.3 is 9.97 Å². The van der Waals surface area contributed by atoms with E-state index in [0.29, 0.717) is 0 Å². The van der Waals surface area contributed by atoms with Gasteiger partial charge in [0.25, 0.3) is 0 Å². The third kappa shape index (κ3) is 12.9. The maximum atomic E-state index is 4.62. The van der Waals surface area contributed by atoms with Crippen molar-refractivity contribution in [1.29, 1.82) is 0 Å². The Morgan fingerprint density at radius 1 is 0.337 bits per heavy atom. The Labute approximate surface area is 506 Å². The van der Waals surface area contributed by atoms with Crippen molar-refractivity contribution in [3.8, 4) is 0 Å². The fourth-order valence-electron chi connectivity index (χ4n) is 12.0. The van der Waals surface area contributed by atoms with Crippen LogP contribution in [0, 0.1) is 0 Å². The summed E-state index contributed by atoms with van der Waals surface area (Å²) in [5, 5.41) is 9.79. The van der Waals surface area contributed by atoms with Crippen LogP contribution in [0.2, 0.25) is 0 Å². The number of para-hydroxylation sites is 5. The van der Waals surface area contributed by atoms with Gasteiger partial charge in [0.15, 0.2) is 0 Å². The maximum absolute atomic E-state index is 4.62. The number of hydrogen-bond acceptors (Lipinski definition) is 6. The number of nitrogens with one attached hydrogen (secondary N) is 2. The highest BCUT2D eigenvalue weighted by molar-refractivity contribution is 5.79. The molecule has 2 N–H and O–H groups in total. The van der Waals surface area contributed by atoms with Crippen LogP contribution in [0.25, 0.3) is 46.4 Å². The Kier molecular flexibility index (Phi) is 17.8. The molecule has 0 saturated carbocycles. The summed E-state index contributed by atoms with van der Waals surface area (Å²) in [5.41, 5.74) is 15.8. The highest BCUT2D eigenvalue weighted by Gasteiger charge is 2.52. The molecule has 0 aliphatic carbocycles. The van der Waals surface area contributed by atoms with Crippen LogP contribution in [0.4, 0.5) is 28.4 Å². The molecule has 86 heavy (non-hydrogen) atoms. The lowest BCUT2D eigenvalue weighted by molar-refractivity contribution is 0.343. The molecular weight excluding hydrogens is 1050 g/mol. The summed E-state index contributed by atoms with van der Waals surface area (Å²) >= 11 is 0. The van der Waals surface area contributed by atoms with Crippen LogP contribution < -0.4 is 20.3 Å². The maximum Gasteiger partial charge on any atom is 0.120 e. The second-order valence-corrected chi connectivity index (χ2v) is 21.8. The molecule has 8 nitrogen and oxygen atoms in total. The zero-order valence-corrected chi connectivity index (χ0v) is 48.7. The van der Waals surface area contributed by atoms with Gasteiger partial charge in [-0.05, 0) is 157 Å². The number of anilines is 5. The Hall–Kier alpha value is -10.4. The molecular formula is C78H72N8. The van der Waals surface area contributed by atoms with Crippen molar-refractivity contribution < 1.29 is 0 Å². The Balaban J connectivity index is 0.000000248. The van der Waals surface area contributed by atoms with E-state index in [1.54, 1.807) is 0 Å². The normalized spacial score (nSPS) is 12.0. The van der Waals surface area contributed by atoms with Crippen LogP contribution in [-0.2, 0) is 5.54 Å². The lowest BCUT2D eigenvalue weighted by atomic mass is 9.67. The van der Waals surface area contributed by atoms with Crippen molar-refractivity contribution >= 4 is 74.8 Å². The van der Waals surface area contributed by atoms with Crippen LogP contribution in [0.3, 0.4) is 0 Å². The van der Waals surface area contributed by atoms with E-state index in [-0.39, 0.29) is 5.92 Å². The van der Waals surface area contributed by atoms with E-state index in [4.69, 9.17) is 0 Å². The SMILES string of the molecule is C1=Cc2cc3ccc(cc4ccc(cc5nc(cc1n2)C=C5)[nH]4)[nH]3.CCCCCCCCC(c1ccccc1)C(c1ccccc1)(c1ccccc1)N(c1ccccc1)N(c1ccccc1)N(c1ccccc1)N(c1ccccc1)c1ccccc1. The first-order valence-corrected chi connectivity index (χ1v) is 30.3. The second-order valence-electron chi connectivity index (χ2n) is 21.8. The molecule has 1 unspecified atom stereocenters. The van der Waals surface area contributed by atoms with Crippen molar-refractivity contribution in [2.24, 2.45) is 0 Å². The minimum Gasteiger partial charge on any atom is -0.355 e. The second kappa shape index (κ2) is 27.3. The lowest BCUT2D eigenvalue weighted by Crippen LogP contribution is -2.67. The van der Waals surface area contributed by atoms with Crippen LogP contribution >= 0.6 is 0 Å². The summed E-state index contributed by atoms with van der Waals surface area (Å²) in [4.78, 5) is 16.0. The van der Waals surface area contributed by atoms with Gasteiger partial charge in [-0.25, -0.2) is 20.0 Å². The lowest BCUT2D eigenvalue weighted by Gasteiger charge is -2.58. The molecule has 2 aliphatic rings. The van der Waals surface area contributed by atoms with E-state index in [1.165, 1.54) is 48.8 Å². The molecule has 424 valence electrons. The number of benzene rings is 8. The summed E-state index contributed by atoms with van der Waals surface area (Å²) < 4.78 is 0. The van der Waals surface area contributed by atoms with E-state index in [1.807, 2.05) is 42.5 Å². The molecule has 0 radical (unpaired) electrons. The zero-order valence-electron chi connectivity index (χ0n) is 48.7. The molecule has 0 fully saturated rings. The van der Waals surface area contributed by atoms with Gasteiger partial charge in [0, 0.05) is 28.0 Å². The van der Waals surface area contributed by atoms with Gasteiger partial charge >= 0.3 is 0 Å². The number of fused-ring (bicyclic) bond motifs is 8. The molecule has 3 aromatic heterocycles. The van der Waals surface area contributed by atoms with E-state index < -0.39 is 5.54 Å². The molecule has 1 atom stereocenters. The smallest absolute Gasteiger partial charge is 0.120 e. The Morgan fingerprint density at radius 3 is 1.13 bits per heavy atom. The summed E-state index contributed by atoms with van der Waals surface area (Å²) in [6.45, 7) is 2.30. The number of unbranched alkanes of at least 4 members (excludes halogenated alkanes) is 5. The van der Waals surface area contributed by atoms with E-state index in [2.05, 4.69) is 320 Å². The predicted octanol–water partition coefficient (Wildman–Crippen LogP) is 20.2. The number of aromatic amines is 2. The van der Waals surface area contributed by atoms with Gasteiger partial charge in [-0.1, -0.05) is 227 Å². The summed E-state index contributed by atoms with van der Waals surface area (Å²) in [6, 6.07) is 104. The van der Waals surface area contributed by atoms with Crippen LogP contribution in [0.15, 0.2) is 291 Å². The highest BCUT2D eigenvalue weighted by Crippen LogP contribution is 2.54. The fourth-order valence-corrected chi connectivity index (χ4v) is 12.0. The molecule has 8 bridgehead atoms. The minimum atomic E-state index is -0.823. The summed E-state index contributed by atoms with van der Waals surface area (Å²) in [7, 11) is 0. The monoisotopic (exact) mass is 1120 g/mol. The van der Waals surface area contributed by atoms with Gasteiger partial charge in [-0.15, -0.1) is 0 Å². The number of rotatable bonds is 20. The average Bonchev–Trinajstić information content (AvgIpc) is 0.948. The number of nitrogens with zero attached hydrogens (tertiary/aromatic N) is 6. The van der Waals surface area contributed by atoms with Gasteiger partial charge in [0.2, 0.25) is 0 Å². The van der Waals surface area contributed by atoms with Gasteiger partial charge in [0.05, 0.1) is 51.2 Å². The summed E-state index contributed by atoms with van der Waals surface area (Å²) in [6.07, 6.45) is 16.3. The number of H-pyrrole nitrogens is 2. The number of aromatic nitrogens is 4. The van der Waals surface area contributed by atoms with Crippen molar-refractivity contribution in [2.45, 2.75) is 63.3 Å². The Morgan fingerprint density at radius 2 is 0.686 bits per heavy atom. The zero-order chi connectivity index (χ0) is 58.2. The molecule has 11 aromatic rings. The van der Waals surface area contributed by atoms with Crippen molar-refractivity contribution in [2.75, 3.05) is 20.3 Å².